The fourth-order valence-corrected chi connectivity index (χ4v) is 2.73. The molecule has 22 heavy (non-hydrogen) atoms. The van der Waals surface area contributed by atoms with E-state index in [1.807, 2.05) is 0 Å². The molecule has 0 saturated carbocycles. The summed E-state index contributed by atoms with van der Waals surface area (Å²) in [6.07, 6.45) is 1.69. The van der Waals surface area contributed by atoms with Gasteiger partial charge in [-0.25, -0.2) is 4.98 Å². The number of nitrogens with zero attached hydrogens (tertiary/aromatic N) is 3. The Hall–Kier alpha value is -1.74. The largest absolute Gasteiger partial charge is 0.369 e. The Morgan fingerprint density at radius 1 is 1.55 bits per heavy atom. The van der Waals surface area contributed by atoms with E-state index in [4.69, 9.17) is 10.5 Å². The second-order valence-electron chi connectivity index (χ2n) is 4.51. The van der Waals surface area contributed by atoms with E-state index in [1.54, 1.807) is 11.5 Å². The minimum Gasteiger partial charge on any atom is -0.369 e. The lowest BCUT2D eigenvalue weighted by molar-refractivity contribution is 0.141. The van der Waals surface area contributed by atoms with E-state index in [0.717, 1.165) is 0 Å². The summed E-state index contributed by atoms with van der Waals surface area (Å²) in [5.41, 5.74) is 5.71. The van der Waals surface area contributed by atoms with E-state index >= 15 is 0 Å². The van der Waals surface area contributed by atoms with Crippen LogP contribution in [0.5, 0.6) is 0 Å². The molecule has 4 N–H and O–H groups in total. The van der Waals surface area contributed by atoms with Crippen molar-refractivity contribution >= 4 is 24.7 Å². The highest BCUT2D eigenvalue weighted by Crippen LogP contribution is 2.41. The number of fused-ring (bicyclic) bond motifs is 1. The molecule has 0 aromatic carbocycles. The molecule has 2 aromatic heterocycles. The molecule has 0 bridgehead atoms. The first-order valence-electron chi connectivity index (χ1n) is 6.67. The highest BCUT2D eigenvalue weighted by Gasteiger charge is 2.18. The van der Waals surface area contributed by atoms with Crippen molar-refractivity contribution in [3.05, 3.63) is 16.7 Å². The van der Waals surface area contributed by atoms with Crippen molar-refractivity contribution < 1.29 is 18.7 Å². The summed E-state index contributed by atoms with van der Waals surface area (Å²) in [6, 6.07) is 0. The minimum absolute atomic E-state index is 0.0217. The van der Waals surface area contributed by atoms with E-state index in [-0.39, 0.29) is 31.0 Å². The molecule has 0 fully saturated rings. The lowest BCUT2D eigenvalue weighted by Gasteiger charge is -2.11. The summed E-state index contributed by atoms with van der Waals surface area (Å²) in [7, 11) is -3.66. The number of aromatic amines is 1. The van der Waals surface area contributed by atoms with Crippen LogP contribution in [0.4, 0.5) is 5.95 Å². The lowest BCUT2D eigenvalue weighted by Crippen LogP contribution is -2.12. The van der Waals surface area contributed by atoms with Crippen molar-refractivity contribution in [2.45, 2.75) is 19.9 Å². The maximum atomic E-state index is 11.6. The van der Waals surface area contributed by atoms with E-state index in [2.05, 4.69) is 19.5 Å². The predicted octanol–water partition coefficient (Wildman–Crippen LogP) is 0.288. The number of ether oxygens (including phenoxy) is 1. The smallest absolute Gasteiger partial charge is 0.353 e. The summed E-state index contributed by atoms with van der Waals surface area (Å²) < 4.78 is 22.9. The van der Waals surface area contributed by atoms with Gasteiger partial charge in [0.2, 0.25) is 5.95 Å². The maximum Gasteiger partial charge on any atom is 0.353 e. The van der Waals surface area contributed by atoms with E-state index in [1.165, 1.54) is 6.33 Å². The normalized spacial score (nSPS) is 14.3. The second kappa shape index (κ2) is 7.01. The third-order valence-corrected chi connectivity index (χ3v) is 3.94. The number of anilines is 1. The number of rotatable bonds is 8. The maximum absolute atomic E-state index is 11.6. The van der Waals surface area contributed by atoms with Gasteiger partial charge in [0.05, 0.1) is 12.9 Å². The topological polar surface area (TPSA) is 145 Å². The van der Waals surface area contributed by atoms with Crippen LogP contribution >= 0.6 is 7.60 Å². The molecule has 0 radical (unpaired) electrons. The van der Waals surface area contributed by atoms with Gasteiger partial charge < -0.3 is 24.5 Å². The van der Waals surface area contributed by atoms with Gasteiger partial charge in [0, 0.05) is 13.2 Å². The third-order valence-electron chi connectivity index (χ3n) is 2.77. The monoisotopic (exact) mass is 331 g/mol. The first kappa shape index (κ1) is 16.6. The number of nitrogens with two attached hydrogens (primary N) is 1. The van der Waals surface area contributed by atoms with Gasteiger partial charge in [-0.1, -0.05) is 0 Å². The molecule has 2 heterocycles. The van der Waals surface area contributed by atoms with Crippen LogP contribution in [0.3, 0.4) is 0 Å². The second-order valence-corrected chi connectivity index (χ2v) is 6.30. The number of hydrogen-bond acceptors (Lipinski definition) is 7. The number of aromatic nitrogens is 4. The Morgan fingerprint density at radius 2 is 2.32 bits per heavy atom. The fraction of sp³-hybridized carbons (Fsp3) is 0.545. The number of aryl methyl sites for hydroxylation is 1. The van der Waals surface area contributed by atoms with Gasteiger partial charge in [-0.15, -0.1) is 0 Å². The van der Waals surface area contributed by atoms with E-state index in [0.29, 0.717) is 18.6 Å². The number of nitrogen functional groups attached to an aromatic ring is 1. The molecular weight excluding hydrogens is 313 g/mol. The Bertz CT molecular complexity index is 742. The van der Waals surface area contributed by atoms with Crippen LogP contribution in [-0.4, -0.2) is 44.0 Å². The molecule has 0 amide bonds. The average Bonchev–Trinajstić information content (AvgIpc) is 2.81. The zero-order chi connectivity index (χ0) is 16.2. The van der Waals surface area contributed by atoms with Crippen LogP contribution in [0.15, 0.2) is 11.1 Å². The number of hydrogen-bond donors (Lipinski definition) is 3. The number of H-pyrrole nitrogens is 1. The van der Waals surface area contributed by atoms with Crippen LogP contribution in [-0.2, 0) is 20.4 Å². The molecule has 11 heteroatoms. The van der Waals surface area contributed by atoms with Crippen LogP contribution in [0.25, 0.3) is 11.2 Å². The van der Waals surface area contributed by atoms with E-state index < -0.39 is 13.2 Å². The molecule has 1 atom stereocenters. The van der Waals surface area contributed by atoms with Crippen LogP contribution in [0, 0.1) is 0 Å². The van der Waals surface area contributed by atoms with Gasteiger partial charge in [-0.05, 0) is 13.3 Å². The summed E-state index contributed by atoms with van der Waals surface area (Å²) in [5, 5.41) is 0. The first-order chi connectivity index (χ1) is 10.4. The molecule has 2 rings (SSSR count). The Morgan fingerprint density at radius 3 is 3.05 bits per heavy atom. The molecular formula is C11H18N5O5P. The van der Waals surface area contributed by atoms with Gasteiger partial charge in [-0.2, -0.15) is 4.98 Å². The zero-order valence-corrected chi connectivity index (χ0v) is 13.0. The highest BCUT2D eigenvalue weighted by atomic mass is 31.2. The van der Waals surface area contributed by atoms with Crippen LogP contribution in [0.1, 0.15) is 13.3 Å². The highest BCUT2D eigenvalue weighted by molar-refractivity contribution is 7.52. The Kier molecular flexibility index (Phi) is 5.30. The fourth-order valence-electron chi connectivity index (χ4n) is 1.89. The van der Waals surface area contributed by atoms with Gasteiger partial charge >= 0.3 is 7.60 Å². The molecule has 0 aliphatic carbocycles. The first-order valence-corrected chi connectivity index (χ1v) is 8.44. The van der Waals surface area contributed by atoms with Crippen molar-refractivity contribution in [3.63, 3.8) is 0 Å². The molecule has 0 spiro atoms. The molecule has 2 aromatic rings. The van der Waals surface area contributed by atoms with Gasteiger partial charge in [0.15, 0.2) is 11.2 Å². The summed E-state index contributed by atoms with van der Waals surface area (Å²) >= 11 is 0. The molecule has 10 nitrogen and oxygen atoms in total. The summed E-state index contributed by atoms with van der Waals surface area (Å²) in [5.74, 6) is 0.0217. The minimum atomic E-state index is -3.66. The Balaban J connectivity index is 1.88. The van der Waals surface area contributed by atoms with Crippen molar-refractivity contribution in [2.24, 2.45) is 0 Å². The average molecular weight is 331 g/mol. The SMILES string of the molecule is CCOP(=O)(O)COCCCn1cnc2c(=O)[nH]c(N)nc21. The van der Waals surface area contributed by atoms with Crippen molar-refractivity contribution in [1.29, 1.82) is 0 Å². The molecule has 1 unspecified atom stereocenters. The molecule has 0 aliphatic heterocycles. The van der Waals surface area contributed by atoms with Gasteiger partial charge in [-0.3, -0.25) is 14.3 Å². The summed E-state index contributed by atoms with van der Waals surface area (Å²) in [4.78, 5) is 31.3. The Labute approximate surface area is 125 Å². The molecule has 0 saturated heterocycles. The number of imidazole rings is 1. The lowest BCUT2D eigenvalue weighted by atomic mass is 10.4. The van der Waals surface area contributed by atoms with Gasteiger partial charge in [0.25, 0.3) is 5.56 Å². The third kappa shape index (κ3) is 4.14. The van der Waals surface area contributed by atoms with E-state index in [9.17, 15) is 14.3 Å². The van der Waals surface area contributed by atoms with Crippen molar-refractivity contribution in [3.8, 4) is 0 Å². The molecule has 0 aliphatic rings. The zero-order valence-electron chi connectivity index (χ0n) is 12.1. The summed E-state index contributed by atoms with van der Waals surface area (Å²) in [6.45, 7) is 2.53. The van der Waals surface area contributed by atoms with Crippen molar-refractivity contribution in [2.75, 3.05) is 25.3 Å². The quantitative estimate of drug-likeness (QED) is 0.462. The number of nitrogens with one attached hydrogen (secondary N) is 1. The standard InChI is InChI=1S/C11H18N5O5P/c1-2-21-22(18,19)7-20-5-3-4-16-6-13-8-9(16)14-11(12)15-10(8)17/h6H,2-5,7H2,1H3,(H,18,19)(H3,12,14,15,17). The van der Waals surface area contributed by atoms with Gasteiger partial charge in [0.1, 0.15) is 6.35 Å². The molecule has 122 valence electrons. The van der Waals surface area contributed by atoms with Crippen molar-refractivity contribution in [1.82, 2.24) is 19.5 Å². The van der Waals surface area contributed by atoms with Crippen LogP contribution in [0.2, 0.25) is 0 Å². The van der Waals surface area contributed by atoms with Crippen LogP contribution < -0.4 is 11.3 Å². The predicted molar refractivity (Wildman–Crippen MR) is 79.4 cm³/mol.